The maximum absolute atomic E-state index is 16.8. The molecule has 0 fully saturated rings. The van der Waals surface area contributed by atoms with Crippen LogP contribution in [0.15, 0.2) is 97.3 Å². The zero-order chi connectivity index (χ0) is 31.5. The molecule has 0 saturated carbocycles. The molecule has 1 atom stereocenters. The third kappa shape index (κ3) is 4.69. The fourth-order valence-electron chi connectivity index (χ4n) is 5.99. The first-order valence-corrected chi connectivity index (χ1v) is 13.6. The van der Waals surface area contributed by atoms with Crippen molar-refractivity contribution in [2.75, 3.05) is 0 Å². The molecule has 0 bridgehead atoms. The summed E-state index contributed by atoms with van der Waals surface area (Å²) < 4.78 is 93.3. The molecule has 0 radical (unpaired) electrons. The fourth-order valence-corrected chi connectivity index (χ4v) is 5.99. The molecule has 12 heteroatoms. The van der Waals surface area contributed by atoms with Gasteiger partial charge in [0.1, 0.15) is 23.7 Å². The zero-order valence-electron chi connectivity index (χ0n) is 22.9. The molecular formula is C33H20F6N4O2. The molecule has 7 rings (SSSR count). The van der Waals surface area contributed by atoms with Gasteiger partial charge in [-0.1, -0.05) is 42.5 Å². The predicted molar refractivity (Wildman–Crippen MR) is 154 cm³/mol. The van der Waals surface area contributed by atoms with Crippen molar-refractivity contribution in [1.29, 1.82) is 0 Å². The molecule has 0 amide bonds. The van der Waals surface area contributed by atoms with Crippen molar-refractivity contribution in [3.8, 4) is 16.9 Å². The van der Waals surface area contributed by atoms with Crippen molar-refractivity contribution in [2.24, 2.45) is 0 Å². The Hall–Kier alpha value is -5.23. The second-order valence-electron chi connectivity index (χ2n) is 10.7. The van der Waals surface area contributed by atoms with Crippen LogP contribution in [0.4, 0.5) is 26.3 Å². The van der Waals surface area contributed by atoms with Crippen LogP contribution < -0.4 is 4.74 Å². The monoisotopic (exact) mass is 618 g/mol. The summed E-state index contributed by atoms with van der Waals surface area (Å²) in [6.07, 6.45) is 0.993. The van der Waals surface area contributed by atoms with Gasteiger partial charge in [-0.2, -0.15) is 17.6 Å². The predicted octanol–water partition coefficient (Wildman–Crippen LogP) is 7.80. The van der Waals surface area contributed by atoms with Crippen LogP contribution in [0.1, 0.15) is 11.1 Å². The molecule has 0 spiro atoms. The number of hydrogen-bond donors (Lipinski definition) is 1. The highest BCUT2D eigenvalue weighted by molar-refractivity contribution is 6.26. The molecule has 1 unspecified atom stereocenters. The Morgan fingerprint density at radius 3 is 2.29 bits per heavy atom. The van der Waals surface area contributed by atoms with Crippen molar-refractivity contribution in [3.63, 3.8) is 0 Å². The van der Waals surface area contributed by atoms with E-state index >= 15 is 13.2 Å². The number of ether oxygens (including phenoxy) is 1. The molecule has 45 heavy (non-hydrogen) atoms. The zero-order valence-corrected chi connectivity index (χ0v) is 22.9. The van der Waals surface area contributed by atoms with E-state index in [2.05, 4.69) is 20.3 Å². The maximum atomic E-state index is 16.8. The van der Waals surface area contributed by atoms with E-state index in [0.717, 1.165) is 39.3 Å². The van der Waals surface area contributed by atoms with Crippen molar-refractivity contribution in [2.45, 2.75) is 24.7 Å². The molecule has 7 aromatic rings. The van der Waals surface area contributed by atoms with Crippen LogP contribution in [0.3, 0.4) is 0 Å². The molecule has 1 aromatic heterocycles. The summed E-state index contributed by atoms with van der Waals surface area (Å²) in [5.74, 6) is -6.59. The van der Waals surface area contributed by atoms with Gasteiger partial charge in [-0.3, -0.25) is 0 Å². The molecule has 1 N–H and O–H groups in total. The highest BCUT2D eigenvalue weighted by atomic mass is 19.3. The van der Waals surface area contributed by atoms with Crippen LogP contribution in [0.25, 0.3) is 43.4 Å². The van der Waals surface area contributed by atoms with Gasteiger partial charge >= 0.3 is 12.5 Å². The first-order chi connectivity index (χ1) is 21.5. The van der Waals surface area contributed by atoms with Crippen molar-refractivity contribution in [1.82, 2.24) is 20.2 Å². The molecular weight excluding hydrogens is 598 g/mol. The van der Waals surface area contributed by atoms with Crippen molar-refractivity contribution in [3.05, 3.63) is 120 Å². The minimum atomic E-state index is -4.17. The molecule has 0 aliphatic heterocycles. The smallest absolute Gasteiger partial charge is 0.387 e. The lowest BCUT2D eigenvalue weighted by atomic mass is 9.81. The van der Waals surface area contributed by atoms with Gasteiger partial charge in [0, 0.05) is 17.2 Å². The number of aliphatic hydroxyl groups is 1. The van der Waals surface area contributed by atoms with Crippen LogP contribution in [0.2, 0.25) is 0 Å². The summed E-state index contributed by atoms with van der Waals surface area (Å²) in [6.45, 7) is -3.95. The van der Waals surface area contributed by atoms with Gasteiger partial charge in [0.25, 0.3) is 0 Å². The minimum Gasteiger partial charge on any atom is -0.435 e. The largest absolute Gasteiger partial charge is 0.435 e. The fraction of sp³-hybridized carbons (Fsp3) is 0.121. The normalized spacial score (nSPS) is 13.7. The highest BCUT2D eigenvalue weighted by Crippen LogP contribution is 2.50. The average Bonchev–Trinajstić information content (AvgIpc) is 3.52. The molecule has 226 valence electrons. The van der Waals surface area contributed by atoms with E-state index in [0.29, 0.717) is 33.4 Å². The Balaban J connectivity index is 1.45. The lowest BCUT2D eigenvalue weighted by molar-refractivity contribution is -0.205. The quantitative estimate of drug-likeness (QED) is 0.139. The van der Waals surface area contributed by atoms with Gasteiger partial charge in [0.15, 0.2) is 5.60 Å². The maximum Gasteiger partial charge on any atom is 0.387 e. The molecule has 0 aliphatic carbocycles. The summed E-state index contributed by atoms with van der Waals surface area (Å²) in [4.78, 5) is 0. The van der Waals surface area contributed by atoms with Crippen LogP contribution in [0, 0.1) is 11.6 Å². The second kappa shape index (κ2) is 10.4. The summed E-state index contributed by atoms with van der Waals surface area (Å²) >= 11 is 0. The van der Waals surface area contributed by atoms with E-state index in [1.807, 2.05) is 18.2 Å². The van der Waals surface area contributed by atoms with Gasteiger partial charge in [-0.05, 0) is 96.3 Å². The van der Waals surface area contributed by atoms with Crippen LogP contribution in [0.5, 0.6) is 5.75 Å². The third-order valence-electron chi connectivity index (χ3n) is 8.01. The Morgan fingerprint density at radius 1 is 0.822 bits per heavy atom. The minimum absolute atomic E-state index is 0.0392. The highest BCUT2D eigenvalue weighted by Gasteiger charge is 2.57. The lowest BCUT2D eigenvalue weighted by Gasteiger charge is -2.36. The van der Waals surface area contributed by atoms with E-state index in [-0.39, 0.29) is 5.75 Å². The Morgan fingerprint density at radius 2 is 1.58 bits per heavy atom. The Kier molecular flexibility index (Phi) is 6.62. The first kappa shape index (κ1) is 28.5. The molecule has 6 aromatic carbocycles. The van der Waals surface area contributed by atoms with Crippen molar-refractivity contribution < 1.29 is 36.2 Å². The van der Waals surface area contributed by atoms with Gasteiger partial charge in [-0.25, -0.2) is 13.5 Å². The van der Waals surface area contributed by atoms with E-state index in [4.69, 9.17) is 0 Å². The molecule has 1 heterocycles. The SMILES string of the molecule is OC(Cn1cnnn1)(c1ccc(F)cc1F)C(F)(F)c1cc2ccc3cccc4c(-c5ccc(OC(F)F)cc5)cc(c1)c2c34. The lowest BCUT2D eigenvalue weighted by Crippen LogP contribution is -2.47. The first-order valence-electron chi connectivity index (χ1n) is 13.6. The van der Waals surface area contributed by atoms with Gasteiger partial charge in [0.2, 0.25) is 0 Å². The van der Waals surface area contributed by atoms with Crippen LogP contribution in [-0.4, -0.2) is 31.9 Å². The van der Waals surface area contributed by atoms with Crippen LogP contribution >= 0.6 is 0 Å². The van der Waals surface area contributed by atoms with Crippen molar-refractivity contribution >= 4 is 32.3 Å². The standard InChI is InChI=1S/C33H20F6N4O2/c34-23-8-11-27(28(35)15-23)32(44,16-43-17-40-41-42-43)33(38,39)22-12-20-5-4-19-2-1-3-25-26(14-21(13-22)29(20)30(19)25)18-6-9-24(10-7-18)45-31(36)37/h1-15,17,31,44H,16H2. The average molecular weight is 619 g/mol. The Labute approximate surface area is 250 Å². The topological polar surface area (TPSA) is 73.1 Å². The number of benzene rings is 6. The summed E-state index contributed by atoms with van der Waals surface area (Å²) in [5.41, 5.74) is -3.49. The molecule has 0 aliphatic rings. The number of aromatic nitrogens is 4. The summed E-state index contributed by atoms with van der Waals surface area (Å²) in [6, 6.07) is 21.2. The van der Waals surface area contributed by atoms with E-state index in [1.54, 1.807) is 30.3 Å². The number of nitrogens with zero attached hydrogens (tertiary/aromatic N) is 4. The number of rotatable bonds is 8. The van der Waals surface area contributed by atoms with E-state index in [1.165, 1.54) is 24.3 Å². The Bertz CT molecular complexity index is 2170. The summed E-state index contributed by atoms with van der Waals surface area (Å²) in [7, 11) is 0. The second-order valence-corrected chi connectivity index (χ2v) is 10.7. The molecule has 0 saturated heterocycles. The van der Waals surface area contributed by atoms with Crippen LogP contribution in [-0.2, 0) is 18.1 Å². The number of alkyl halides is 4. The molecule has 6 nitrogen and oxygen atoms in total. The van der Waals surface area contributed by atoms with Gasteiger partial charge in [0.05, 0.1) is 6.54 Å². The van der Waals surface area contributed by atoms with E-state index < -0.39 is 47.4 Å². The summed E-state index contributed by atoms with van der Waals surface area (Å²) in [5, 5.41) is 26.1. The number of hydrogen-bond acceptors (Lipinski definition) is 5. The van der Waals surface area contributed by atoms with Gasteiger partial charge < -0.3 is 9.84 Å². The number of halogens is 6. The van der Waals surface area contributed by atoms with E-state index in [9.17, 15) is 18.3 Å². The number of tetrazole rings is 1. The third-order valence-corrected chi connectivity index (χ3v) is 8.01. The van der Waals surface area contributed by atoms with Gasteiger partial charge in [-0.15, -0.1) is 5.10 Å².